The lowest BCUT2D eigenvalue weighted by atomic mass is 9.91. The van der Waals surface area contributed by atoms with Gasteiger partial charge in [-0.1, -0.05) is 32.9 Å². The van der Waals surface area contributed by atoms with E-state index in [2.05, 4.69) is 36.7 Å². The van der Waals surface area contributed by atoms with Crippen molar-refractivity contribution in [1.29, 1.82) is 0 Å². The SMILES string of the molecule is CCn1c(C(C)(C)C)c(N)c(=O)n1-c1ccccc1Br. The third-order valence-electron chi connectivity index (χ3n) is 3.27. The minimum atomic E-state index is -0.189. The van der Waals surface area contributed by atoms with Crippen LogP contribution in [0.4, 0.5) is 5.69 Å². The van der Waals surface area contributed by atoms with E-state index < -0.39 is 0 Å². The Balaban J connectivity index is 2.86. The van der Waals surface area contributed by atoms with Crippen molar-refractivity contribution in [3.05, 3.63) is 44.8 Å². The third kappa shape index (κ3) is 2.30. The van der Waals surface area contributed by atoms with Gasteiger partial charge in [0.2, 0.25) is 0 Å². The number of halogens is 1. The molecule has 0 atom stereocenters. The highest BCUT2D eigenvalue weighted by atomic mass is 79.9. The Kier molecular flexibility index (Phi) is 3.82. The number of para-hydroxylation sites is 1. The molecule has 20 heavy (non-hydrogen) atoms. The monoisotopic (exact) mass is 337 g/mol. The molecular formula is C15H20BrN3O. The van der Waals surface area contributed by atoms with E-state index in [0.717, 1.165) is 15.9 Å². The molecule has 0 amide bonds. The maximum absolute atomic E-state index is 12.6. The molecule has 2 rings (SSSR count). The number of anilines is 1. The van der Waals surface area contributed by atoms with Gasteiger partial charge in [0.05, 0.1) is 11.4 Å². The molecule has 0 spiro atoms. The average Bonchev–Trinajstić information content (AvgIpc) is 2.62. The molecule has 4 nitrogen and oxygen atoms in total. The molecule has 5 heteroatoms. The van der Waals surface area contributed by atoms with Gasteiger partial charge in [-0.05, 0) is 35.0 Å². The molecule has 0 fully saturated rings. The van der Waals surface area contributed by atoms with Crippen LogP contribution in [0.3, 0.4) is 0 Å². The molecule has 0 aliphatic rings. The summed E-state index contributed by atoms with van der Waals surface area (Å²) in [4.78, 5) is 12.6. The first-order valence-corrected chi connectivity index (χ1v) is 7.45. The second-order valence-electron chi connectivity index (χ2n) is 5.80. The summed E-state index contributed by atoms with van der Waals surface area (Å²) in [7, 11) is 0. The maximum atomic E-state index is 12.6. The van der Waals surface area contributed by atoms with E-state index in [9.17, 15) is 4.79 Å². The first-order chi connectivity index (χ1) is 9.29. The molecule has 0 saturated carbocycles. The van der Waals surface area contributed by atoms with Crippen LogP contribution in [0.5, 0.6) is 0 Å². The lowest BCUT2D eigenvalue weighted by Gasteiger charge is -2.23. The highest BCUT2D eigenvalue weighted by Gasteiger charge is 2.27. The van der Waals surface area contributed by atoms with Crippen LogP contribution in [0.25, 0.3) is 5.69 Å². The fourth-order valence-electron chi connectivity index (χ4n) is 2.52. The molecule has 0 aliphatic carbocycles. The van der Waals surface area contributed by atoms with Crippen LogP contribution in [0.15, 0.2) is 33.5 Å². The minimum Gasteiger partial charge on any atom is -0.393 e. The Hall–Kier alpha value is -1.49. The topological polar surface area (TPSA) is 52.9 Å². The Morgan fingerprint density at radius 3 is 2.35 bits per heavy atom. The van der Waals surface area contributed by atoms with E-state index >= 15 is 0 Å². The molecule has 0 aliphatic heterocycles. The van der Waals surface area contributed by atoms with Crippen molar-refractivity contribution in [3.8, 4) is 5.69 Å². The fraction of sp³-hybridized carbons (Fsp3) is 0.400. The van der Waals surface area contributed by atoms with Crippen LogP contribution in [-0.4, -0.2) is 9.36 Å². The summed E-state index contributed by atoms with van der Waals surface area (Å²) >= 11 is 3.50. The van der Waals surface area contributed by atoms with Gasteiger partial charge in [-0.3, -0.25) is 9.48 Å². The zero-order valence-corrected chi connectivity index (χ0v) is 13.9. The predicted octanol–water partition coefficient (Wildman–Crippen LogP) is 3.30. The second-order valence-corrected chi connectivity index (χ2v) is 6.65. The third-order valence-corrected chi connectivity index (χ3v) is 3.94. The normalized spacial score (nSPS) is 11.8. The molecule has 2 N–H and O–H groups in total. The van der Waals surface area contributed by atoms with Gasteiger partial charge in [0, 0.05) is 16.4 Å². The van der Waals surface area contributed by atoms with Gasteiger partial charge < -0.3 is 5.73 Å². The first-order valence-electron chi connectivity index (χ1n) is 6.65. The van der Waals surface area contributed by atoms with Crippen molar-refractivity contribution in [3.63, 3.8) is 0 Å². The highest BCUT2D eigenvalue weighted by Crippen LogP contribution is 2.29. The number of hydrogen-bond donors (Lipinski definition) is 1. The van der Waals surface area contributed by atoms with Crippen LogP contribution < -0.4 is 11.3 Å². The summed E-state index contributed by atoms with van der Waals surface area (Å²) in [6.07, 6.45) is 0. The van der Waals surface area contributed by atoms with E-state index in [4.69, 9.17) is 5.73 Å². The molecule has 0 bridgehead atoms. The zero-order valence-electron chi connectivity index (χ0n) is 12.3. The smallest absolute Gasteiger partial charge is 0.294 e. The number of nitrogens with two attached hydrogens (primary N) is 1. The number of aromatic nitrogens is 2. The Morgan fingerprint density at radius 1 is 1.25 bits per heavy atom. The van der Waals surface area contributed by atoms with Gasteiger partial charge in [0.25, 0.3) is 5.56 Å². The van der Waals surface area contributed by atoms with Gasteiger partial charge in [0.1, 0.15) is 5.69 Å². The van der Waals surface area contributed by atoms with Crippen LogP contribution in [0.1, 0.15) is 33.4 Å². The van der Waals surface area contributed by atoms with E-state index in [0.29, 0.717) is 12.2 Å². The molecule has 1 heterocycles. The van der Waals surface area contributed by atoms with Crippen LogP contribution in [0.2, 0.25) is 0 Å². The van der Waals surface area contributed by atoms with Gasteiger partial charge in [-0.2, -0.15) is 0 Å². The minimum absolute atomic E-state index is 0.163. The molecule has 1 aromatic heterocycles. The molecule has 0 radical (unpaired) electrons. The molecule has 0 unspecified atom stereocenters. The van der Waals surface area contributed by atoms with Crippen LogP contribution in [0, 0.1) is 0 Å². The highest BCUT2D eigenvalue weighted by molar-refractivity contribution is 9.10. The standard InChI is InChI=1S/C15H20BrN3O/c1-5-18-13(15(2,3)4)12(17)14(20)19(18)11-9-7-6-8-10(11)16/h6-9H,5,17H2,1-4H3. The van der Waals surface area contributed by atoms with E-state index in [1.165, 1.54) is 0 Å². The van der Waals surface area contributed by atoms with Crippen molar-refractivity contribution in [1.82, 2.24) is 9.36 Å². The quantitative estimate of drug-likeness (QED) is 0.913. The van der Waals surface area contributed by atoms with E-state index in [-0.39, 0.29) is 11.0 Å². The summed E-state index contributed by atoms with van der Waals surface area (Å²) in [5.74, 6) is 0. The molecule has 1 aromatic carbocycles. The summed E-state index contributed by atoms with van der Waals surface area (Å²) < 4.78 is 4.48. The first kappa shape index (κ1) is 14.9. The average molecular weight is 338 g/mol. The summed E-state index contributed by atoms with van der Waals surface area (Å²) in [6, 6.07) is 7.66. The van der Waals surface area contributed by atoms with Gasteiger partial charge >= 0.3 is 0 Å². The van der Waals surface area contributed by atoms with Crippen molar-refractivity contribution >= 4 is 21.6 Å². The molecular weight excluding hydrogens is 318 g/mol. The number of hydrogen-bond acceptors (Lipinski definition) is 2. The summed E-state index contributed by atoms with van der Waals surface area (Å²) in [5.41, 5.74) is 7.74. The van der Waals surface area contributed by atoms with Gasteiger partial charge in [-0.15, -0.1) is 0 Å². The number of nitrogens with zero attached hydrogens (tertiary/aromatic N) is 2. The Labute approximate surface area is 127 Å². The Morgan fingerprint density at radius 2 is 1.85 bits per heavy atom. The van der Waals surface area contributed by atoms with Crippen LogP contribution in [-0.2, 0) is 12.0 Å². The van der Waals surface area contributed by atoms with Crippen LogP contribution >= 0.6 is 15.9 Å². The predicted molar refractivity (Wildman–Crippen MR) is 86.5 cm³/mol. The van der Waals surface area contributed by atoms with E-state index in [1.807, 2.05) is 35.9 Å². The largest absolute Gasteiger partial charge is 0.393 e. The van der Waals surface area contributed by atoms with Crippen molar-refractivity contribution < 1.29 is 0 Å². The second kappa shape index (κ2) is 5.13. The number of nitrogen functional groups attached to an aromatic ring is 1. The van der Waals surface area contributed by atoms with E-state index in [1.54, 1.807) is 4.68 Å². The number of benzene rings is 1. The van der Waals surface area contributed by atoms with Gasteiger partial charge in [0.15, 0.2) is 0 Å². The number of rotatable bonds is 2. The van der Waals surface area contributed by atoms with Crippen molar-refractivity contribution in [2.75, 3.05) is 5.73 Å². The van der Waals surface area contributed by atoms with Gasteiger partial charge in [-0.25, -0.2) is 4.68 Å². The maximum Gasteiger partial charge on any atom is 0.294 e. The summed E-state index contributed by atoms with van der Waals surface area (Å²) in [6.45, 7) is 8.89. The van der Waals surface area contributed by atoms with Crippen molar-refractivity contribution in [2.45, 2.75) is 39.7 Å². The fourth-order valence-corrected chi connectivity index (χ4v) is 2.97. The lowest BCUT2D eigenvalue weighted by Crippen LogP contribution is -2.24. The van der Waals surface area contributed by atoms with Crippen molar-refractivity contribution in [2.24, 2.45) is 0 Å². The molecule has 108 valence electrons. The molecule has 0 saturated heterocycles. The Bertz CT molecular complexity index is 692. The lowest BCUT2D eigenvalue weighted by molar-refractivity contribution is 0.469. The summed E-state index contributed by atoms with van der Waals surface area (Å²) in [5, 5.41) is 0. The molecule has 2 aromatic rings. The zero-order chi connectivity index (χ0) is 15.1.